The molecule has 0 unspecified atom stereocenters. The number of carbonyl (C=O) groups excluding carboxylic acids is 1. The van der Waals surface area contributed by atoms with Gasteiger partial charge in [0.1, 0.15) is 0 Å². The SMILES string of the molecule is CC(C)(C)n1ncc2c1CCN(C(=O)C(F)(F)F)C2. The van der Waals surface area contributed by atoms with Gasteiger partial charge in [-0.15, -0.1) is 0 Å². The van der Waals surface area contributed by atoms with E-state index in [2.05, 4.69) is 5.10 Å². The molecule has 1 aliphatic heterocycles. The molecule has 4 nitrogen and oxygen atoms in total. The second kappa shape index (κ2) is 4.25. The third-order valence-corrected chi connectivity index (χ3v) is 3.10. The molecule has 1 amide bonds. The maximum Gasteiger partial charge on any atom is 0.471 e. The largest absolute Gasteiger partial charge is 0.471 e. The van der Waals surface area contributed by atoms with Crippen LogP contribution in [0.25, 0.3) is 0 Å². The lowest BCUT2D eigenvalue weighted by atomic mass is 10.0. The van der Waals surface area contributed by atoms with Crippen molar-refractivity contribution < 1.29 is 18.0 Å². The number of fused-ring (bicyclic) bond motifs is 1. The van der Waals surface area contributed by atoms with Gasteiger partial charge in [0, 0.05) is 30.8 Å². The van der Waals surface area contributed by atoms with Gasteiger partial charge in [-0.2, -0.15) is 18.3 Å². The molecule has 0 saturated carbocycles. The molecule has 7 heteroatoms. The van der Waals surface area contributed by atoms with Gasteiger partial charge in [0.15, 0.2) is 0 Å². The predicted octanol–water partition coefficient (Wildman–Crippen LogP) is 2.09. The van der Waals surface area contributed by atoms with Gasteiger partial charge >= 0.3 is 12.1 Å². The van der Waals surface area contributed by atoms with Gasteiger partial charge in [0.25, 0.3) is 0 Å². The van der Waals surface area contributed by atoms with Gasteiger partial charge in [-0.3, -0.25) is 9.48 Å². The maximum atomic E-state index is 12.4. The van der Waals surface area contributed by atoms with E-state index in [9.17, 15) is 18.0 Å². The van der Waals surface area contributed by atoms with Crippen molar-refractivity contribution >= 4 is 5.91 Å². The zero-order valence-corrected chi connectivity index (χ0v) is 11.1. The summed E-state index contributed by atoms with van der Waals surface area (Å²) in [5.41, 5.74) is 1.39. The fourth-order valence-corrected chi connectivity index (χ4v) is 2.26. The van der Waals surface area contributed by atoms with Crippen LogP contribution in [0.15, 0.2) is 6.20 Å². The fourth-order valence-electron chi connectivity index (χ4n) is 2.26. The average Bonchev–Trinajstić information content (AvgIpc) is 2.68. The fraction of sp³-hybridized carbons (Fsp3) is 0.667. The lowest BCUT2D eigenvalue weighted by molar-refractivity contribution is -0.186. The minimum atomic E-state index is -4.81. The van der Waals surface area contributed by atoms with Gasteiger partial charge in [-0.1, -0.05) is 0 Å². The van der Waals surface area contributed by atoms with Crippen LogP contribution in [-0.4, -0.2) is 33.3 Å². The summed E-state index contributed by atoms with van der Waals surface area (Å²) < 4.78 is 39.0. The van der Waals surface area contributed by atoms with E-state index in [-0.39, 0.29) is 18.6 Å². The number of amides is 1. The number of alkyl halides is 3. The smallest absolute Gasteiger partial charge is 0.330 e. The van der Waals surface area contributed by atoms with E-state index in [0.717, 1.165) is 10.6 Å². The van der Waals surface area contributed by atoms with Crippen LogP contribution in [0.2, 0.25) is 0 Å². The highest BCUT2D eigenvalue weighted by Crippen LogP contribution is 2.27. The lowest BCUT2D eigenvalue weighted by Gasteiger charge is -2.30. The highest BCUT2D eigenvalue weighted by Gasteiger charge is 2.43. The molecule has 2 heterocycles. The normalized spacial score (nSPS) is 16.4. The Bertz CT molecular complexity index is 499. The third-order valence-electron chi connectivity index (χ3n) is 3.10. The molecule has 0 aliphatic carbocycles. The summed E-state index contributed by atoms with van der Waals surface area (Å²) in [7, 11) is 0. The molecule has 0 saturated heterocycles. The summed E-state index contributed by atoms with van der Waals surface area (Å²) in [6.07, 6.45) is -2.86. The summed E-state index contributed by atoms with van der Waals surface area (Å²) in [5, 5.41) is 4.22. The molecule has 0 fully saturated rings. The molecule has 0 bridgehead atoms. The molecule has 0 aromatic carbocycles. The van der Waals surface area contributed by atoms with Crippen molar-refractivity contribution in [3.05, 3.63) is 17.5 Å². The van der Waals surface area contributed by atoms with Crippen LogP contribution in [0.5, 0.6) is 0 Å². The molecule has 0 spiro atoms. The molecule has 0 atom stereocenters. The van der Waals surface area contributed by atoms with E-state index >= 15 is 0 Å². The first-order valence-electron chi connectivity index (χ1n) is 6.03. The lowest BCUT2D eigenvalue weighted by Crippen LogP contribution is -2.44. The van der Waals surface area contributed by atoms with Crippen molar-refractivity contribution in [1.29, 1.82) is 0 Å². The molecule has 0 N–H and O–H groups in total. The van der Waals surface area contributed by atoms with Crippen LogP contribution in [0.3, 0.4) is 0 Å². The zero-order valence-electron chi connectivity index (χ0n) is 11.1. The highest BCUT2D eigenvalue weighted by atomic mass is 19.4. The van der Waals surface area contributed by atoms with E-state index in [1.807, 2.05) is 25.5 Å². The van der Waals surface area contributed by atoms with Crippen LogP contribution < -0.4 is 0 Å². The Balaban J connectivity index is 2.23. The maximum absolute atomic E-state index is 12.4. The van der Waals surface area contributed by atoms with E-state index in [4.69, 9.17) is 0 Å². The summed E-state index contributed by atoms with van der Waals surface area (Å²) in [6.45, 7) is 5.99. The Kier molecular flexibility index (Phi) is 3.10. The van der Waals surface area contributed by atoms with Crippen LogP contribution in [0.1, 0.15) is 32.0 Å². The highest BCUT2D eigenvalue weighted by molar-refractivity contribution is 5.82. The van der Waals surface area contributed by atoms with Crippen molar-refractivity contribution in [2.75, 3.05) is 6.54 Å². The molecule has 1 aromatic rings. The van der Waals surface area contributed by atoms with E-state index in [0.29, 0.717) is 12.0 Å². The van der Waals surface area contributed by atoms with E-state index in [1.165, 1.54) is 0 Å². The Hall–Kier alpha value is -1.53. The number of nitrogens with zero attached hydrogens (tertiary/aromatic N) is 3. The Morgan fingerprint density at radius 1 is 1.32 bits per heavy atom. The molecular formula is C12H16F3N3O. The van der Waals surface area contributed by atoms with Crippen LogP contribution in [0, 0.1) is 0 Å². The molecule has 1 aromatic heterocycles. The summed E-state index contributed by atoms with van der Waals surface area (Å²) in [5.74, 6) is -1.78. The van der Waals surface area contributed by atoms with Crippen molar-refractivity contribution in [2.24, 2.45) is 0 Å². The quantitative estimate of drug-likeness (QED) is 0.727. The molecule has 1 aliphatic rings. The van der Waals surface area contributed by atoms with Gasteiger partial charge in [0.2, 0.25) is 0 Å². The van der Waals surface area contributed by atoms with Crippen LogP contribution >= 0.6 is 0 Å². The first kappa shape index (κ1) is 13.9. The number of halogens is 3. The number of aromatic nitrogens is 2. The number of rotatable bonds is 0. The predicted molar refractivity (Wildman–Crippen MR) is 62.4 cm³/mol. The van der Waals surface area contributed by atoms with Crippen molar-refractivity contribution in [3.63, 3.8) is 0 Å². The third kappa shape index (κ3) is 2.59. The zero-order chi connectivity index (χ0) is 14.4. The summed E-state index contributed by atoms with van der Waals surface area (Å²) in [4.78, 5) is 12.0. The van der Waals surface area contributed by atoms with Gasteiger partial charge in [-0.25, -0.2) is 0 Å². The molecule has 2 rings (SSSR count). The molecule has 19 heavy (non-hydrogen) atoms. The number of carbonyl (C=O) groups is 1. The minimum absolute atomic E-state index is 0.0241. The van der Waals surface area contributed by atoms with Crippen LogP contribution in [-0.2, 0) is 23.3 Å². The molecular weight excluding hydrogens is 259 g/mol. The monoisotopic (exact) mass is 275 g/mol. The Morgan fingerprint density at radius 3 is 2.47 bits per heavy atom. The summed E-state index contributed by atoms with van der Waals surface area (Å²) >= 11 is 0. The standard InChI is InChI=1S/C12H16F3N3O/c1-11(2,3)18-9-4-5-17(7-8(9)6-16-18)10(19)12(13,14)15/h6H,4-5,7H2,1-3H3. The van der Waals surface area contributed by atoms with Crippen molar-refractivity contribution in [1.82, 2.24) is 14.7 Å². The van der Waals surface area contributed by atoms with E-state index < -0.39 is 12.1 Å². The first-order chi connectivity index (χ1) is 8.60. The van der Waals surface area contributed by atoms with E-state index in [1.54, 1.807) is 6.20 Å². The second-order valence-electron chi connectivity index (χ2n) is 5.67. The molecule has 0 radical (unpaired) electrons. The Labute approximate surface area is 109 Å². The number of hydrogen-bond acceptors (Lipinski definition) is 2. The average molecular weight is 275 g/mol. The van der Waals surface area contributed by atoms with Crippen LogP contribution in [0.4, 0.5) is 13.2 Å². The van der Waals surface area contributed by atoms with Gasteiger partial charge in [0.05, 0.1) is 11.7 Å². The number of hydrogen-bond donors (Lipinski definition) is 0. The Morgan fingerprint density at radius 2 is 1.95 bits per heavy atom. The molecule has 106 valence electrons. The topological polar surface area (TPSA) is 38.1 Å². The second-order valence-corrected chi connectivity index (χ2v) is 5.67. The first-order valence-corrected chi connectivity index (χ1v) is 6.03. The van der Waals surface area contributed by atoms with Gasteiger partial charge in [-0.05, 0) is 20.8 Å². The minimum Gasteiger partial charge on any atom is -0.330 e. The van der Waals surface area contributed by atoms with Gasteiger partial charge < -0.3 is 4.90 Å². The van der Waals surface area contributed by atoms with Crippen molar-refractivity contribution in [3.8, 4) is 0 Å². The van der Waals surface area contributed by atoms with Crippen molar-refractivity contribution in [2.45, 2.75) is 45.5 Å². The summed E-state index contributed by atoms with van der Waals surface area (Å²) in [6, 6.07) is 0.